The quantitative estimate of drug-likeness (QED) is 0.810. The number of nitrogens with two attached hydrogens (primary N) is 1. The first kappa shape index (κ1) is 16.1. The van der Waals surface area contributed by atoms with E-state index < -0.39 is 10.0 Å². The third kappa shape index (κ3) is 3.88. The molecule has 21 heavy (non-hydrogen) atoms. The first-order valence-corrected chi connectivity index (χ1v) is 8.28. The van der Waals surface area contributed by atoms with Crippen molar-refractivity contribution in [3.63, 3.8) is 0 Å². The van der Waals surface area contributed by atoms with Crippen LogP contribution in [0.4, 0.5) is 5.69 Å². The molecule has 9 heteroatoms. The van der Waals surface area contributed by atoms with E-state index in [1.54, 1.807) is 30.1 Å². The summed E-state index contributed by atoms with van der Waals surface area (Å²) in [6.45, 7) is 2.11. The van der Waals surface area contributed by atoms with Gasteiger partial charge in [-0.3, -0.25) is 4.68 Å². The van der Waals surface area contributed by atoms with Crippen molar-refractivity contribution in [1.29, 1.82) is 0 Å². The number of sulfonamides is 1. The fourth-order valence-electron chi connectivity index (χ4n) is 1.91. The molecule has 0 spiro atoms. The molecule has 0 aliphatic rings. The van der Waals surface area contributed by atoms with Crippen LogP contribution in [0.15, 0.2) is 35.5 Å². The summed E-state index contributed by atoms with van der Waals surface area (Å²) in [5, 5.41) is 4.28. The molecule has 0 aliphatic heterocycles. The average Bonchev–Trinajstić information content (AvgIpc) is 2.78. The van der Waals surface area contributed by atoms with E-state index in [4.69, 9.17) is 28.9 Å². The first-order chi connectivity index (χ1) is 9.79. The van der Waals surface area contributed by atoms with Gasteiger partial charge in [0.1, 0.15) is 4.90 Å². The Morgan fingerprint density at radius 3 is 2.71 bits per heavy atom. The maximum atomic E-state index is 12.4. The zero-order valence-corrected chi connectivity index (χ0v) is 13.5. The van der Waals surface area contributed by atoms with Gasteiger partial charge in [-0.05, 0) is 25.1 Å². The van der Waals surface area contributed by atoms with Crippen molar-refractivity contribution in [3.05, 3.63) is 40.6 Å². The number of hydrogen-bond donors (Lipinski definition) is 2. The van der Waals surface area contributed by atoms with Crippen molar-refractivity contribution < 1.29 is 8.42 Å². The number of nitrogens with zero attached hydrogens (tertiary/aromatic N) is 2. The Morgan fingerprint density at radius 1 is 1.43 bits per heavy atom. The zero-order valence-electron chi connectivity index (χ0n) is 11.1. The Hall–Kier alpha value is -1.28. The molecule has 0 aliphatic carbocycles. The van der Waals surface area contributed by atoms with Crippen LogP contribution >= 0.6 is 23.2 Å². The predicted octanol–water partition coefficient (Wildman–Crippen LogP) is 2.14. The largest absolute Gasteiger partial charge is 0.398 e. The maximum absolute atomic E-state index is 12.4. The molecule has 1 aromatic heterocycles. The van der Waals surface area contributed by atoms with Gasteiger partial charge in [0.05, 0.1) is 17.3 Å². The van der Waals surface area contributed by atoms with Crippen molar-refractivity contribution >= 4 is 38.9 Å². The van der Waals surface area contributed by atoms with Crippen molar-refractivity contribution in [1.82, 2.24) is 14.5 Å². The van der Waals surface area contributed by atoms with Crippen LogP contribution in [0.5, 0.6) is 0 Å². The molecule has 0 radical (unpaired) electrons. The van der Waals surface area contributed by atoms with Crippen LogP contribution in [0.25, 0.3) is 0 Å². The zero-order chi connectivity index (χ0) is 15.6. The molecular formula is C12H14Cl2N4O2S. The van der Waals surface area contributed by atoms with Crippen LogP contribution in [-0.4, -0.2) is 24.2 Å². The highest BCUT2D eigenvalue weighted by Gasteiger charge is 2.24. The van der Waals surface area contributed by atoms with Crippen LogP contribution in [-0.2, 0) is 16.6 Å². The van der Waals surface area contributed by atoms with Gasteiger partial charge in [0.25, 0.3) is 0 Å². The molecule has 0 fully saturated rings. The van der Waals surface area contributed by atoms with Crippen molar-refractivity contribution in [3.8, 4) is 0 Å². The van der Waals surface area contributed by atoms with Crippen molar-refractivity contribution in [2.75, 3.05) is 5.73 Å². The molecule has 1 atom stereocenters. The third-order valence-corrected chi connectivity index (χ3v) is 5.02. The van der Waals surface area contributed by atoms with Crippen LogP contribution in [0.2, 0.25) is 10.0 Å². The molecule has 2 aromatic rings. The number of aromatic nitrogens is 2. The fraction of sp³-hybridized carbons (Fsp3) is 0.250. The van der Waals surface area contributed by atoms with E-state index in [2.05, 4.69) is 9.82 Å². The number of benzene rings is 1. The molecule has 0 saturated carbocycles. The number of nitrogens with one attached hydrogen (secondary N) is 1. The number of anilines is 1. The summed E-state index contributed by atoms with van der Waals surface area (Å²) in [6, 6.07) is 4.06. The molecule has 6 nitrogen and oxygen atoms in total. The van der Waals surface area contributed by atoms with Gasteiger partial charge in [0.2, 0.25) is 10.0 Å². The second-order valence-corrected chi connectivity index (χ2v) is 7.05. The van der Waals surface area contributed by atoms with Gasteiger partial charge in [-0.15, -0.1) is 0 Å². The van der Waals surface area contributed by atoms with Gasteiger partial charge < -0.3 is 5.73 Å². The standard InChI is InChI=1S/C12H14Cl2N4O2S/c1-8(7-18-4-2-3-16-18)17-21(19,20)12-10(14)5-9(13)6-11(12)15/h2-6,8,17H,7,15H2,1H3. The highest BCUT2D eigenvalue weighted by Crippen LogP contribution is 2.31. The lowest BCUT2D eigenvalue weighted by Gasteiger charge is -2.16. The Bertz CT molecular complexity index is 709. The molecule has 1 heterocycles. The Labute approximate surface area is 132 Å². The van der Waals surface area contributed by atoms with Crippen LogP contribution in [0.3, 0.4) is 0 Å². The topological polar surface area (TPSA) is 90.0 Å². The Balaban J connectivity index is 2.22. The van der Waals surface area contributed by atoms with Gasteiger partial charge in [-0.25, -0.2) is 13.1 Å². The van der Waals surface area contributed by atoms with Gasteiger partial charge in [-0.2, -0.15) is 5.10 Å². The van der Waals surface area contributed by atoms with Crippen LogP contribution < -0.4 is 10.5 Å². The normalized spacial score (nSPS) is 13.3. The second kappa shape index (κ2) is 6.23. The maximum Gasteiger partial charge on any atom is 0.244 e. The molecule has 2 rings (SSSR count). The SMILES string of the molecule is CC(Cn1cccn1)NS(=O)(=O)c1c(N)cc(Cl)cc1Cl. The smallest absolute Gasteiger partial charge is 0.244 e. The number of rotatable bonds is 5. The van der Waals surface area contributed by atoms with Gasteiger partial charge >= 0.3 is 0 Å². The minimum atomic E-state index is -3.85. The molecule has 0 bridgehead atoms. The van der Waals surface area contributed by atoms with E-state index >= 15 is 0 Å². The lowest BCUT2D eigenvalue weighted by molar-refractivity contribution is 0.494. The monoisotopic (exact) mass is 348 g/mol. The third-order valence-electron chi connectivity index (χ3n) is 2.68. The first-order valence-electron chi connectivity index (χ1n) is 6.04. The summed E-state index contributed by atoms with van der Waals surface area (Å²) in [7, 11) is -3.85. The number of nitrogen functional groups attached to an aromatic ring is 1. The molecule has 1 aromatic carbocycles. The Morgan fingerprint density at radius 2 is 2.14 bits per heavy atom. The summed E-state index contributed by atoms with van der Waals surface area (Å²) < 4.78 is 28.9. The molecule has 114 valence electrons. The van der Waals surface area contributed by atoms with E-state index in [9.17, 15) is 8.42 Å². The molecular weight excluding hydrogens is 335 g/mol. The number of halogens is 2. The molecule has 1 unspecified atom stereocenters. The summed E-state index contributed by atoms with van der Waals surface area (Å²) in [4.78, 5) is -0.166. The lowest BCUT2D eigenvalue weighted by atomic mass is 10.3. The van der Waals surface area contributed by atoms with E-state index in [-0.39, 0.29) is 26.7 Å². The average molecular weight is 349 g/mol. The molecule has 0 saturated heterocycles. The summed E-state index contributed by atoms with van der Waals surface area (Å²) in [6.07, 6.45) is 3.36. The van der Waals surface area contributed by atoms with E-state index in [0.717, 1.165) is 0 Å². The minimum absolute atomic E-state index is 0.00582. The van der Waals surface area contributed by atoms with Crippen LogP contribution in [0.1, 0.15) is 6.92 Å². The minimum Gasteiger partial charge on any atom is -0.398 e. The Kier molecular flexibility index (Phi) is 4.77. The summed E-state index contributed by atoms with van der Waals surface area (Å²) in [5.41, 5.74) is 5.72. The lowest BCUT2D eigenvalue weighted by Crippen LogP contribution is -2.36. The van der Waals surface area contributed by atoms with E-state index in [0.29, 0.717) is 6.54 Å². The van der Waals surface area contributed by atoms with E-state index in [1.165, 1.54) is 12.1 Å². The molecule has 0 amide bonds. The van der Waals surface area contributed by atoms with Crippen molar-refractivity contribution in [2.45, 2.75) is 24.4 Å². The molecule has 3 N–H and O–H groups in total. The van der Waals surface area contributed by atoms with Gasteiger partial charge in [0, 0.05) is 23.5 Å². The summed E-state index contributed by atoms with van der Waals surface area (Å²) in [5.74, 6) is 0. The summed E-state index contributed by atoms with van der Waals surface area (Å²) >= 11 is 11.7. The fourth-order valence-corrected chi connectivity index (χ4v) is 4.13. The van der Waals surface area contributed by atoms with Gasteiger partial charge in [-0.1, -0.05) is 23.2 Å². The van der Waals surface area contributed by atoms with E-state index in [1.807, 2.05) is 0 Å². The predicted molar refractivity (Wildman–Crippen MR) is 82.9 cm³/mol. The highest BCUT2D eigenvalue weighted by molar-refractivity contribution is 7.89. The highest BCUT2D eigenvalue weighted by atomic mass is 35.5. The van der Waals surface area contributed by atoms with Crippen molar-refractivity contribution in [2.24, 2.45) is 0 Å². The second-order valence-electron chi connectivity index (χ2n) is 4.56. The van der Waals surface area contributed by atoms with Gasteiger partial charge in [0.15, 0.2) is 0 Å². The van der Waals surface area contributed by atoms with Crippen LogP contribution in [0, 0.1) is 0 Å². The number of hydrogen-bond acceptors (Lipinski definition) is 4.